The van der Waals surface area contributed by atoms with Gasteiger partial charge in [0.2, 0.25) is 0 Å². The highest BCUT2D eigenvalue weighted by atomic mass is 79.9. The van der Waals surface area contributed by atoms with Gasteiger partial charge in [0.1, 0.15) is 18.0 Å². The first-order valence-electron chi connectivity index (χ1n) is 7.51. The molecule has 0 bridgehead atoms. The van der Waals surface area contributed by atoms with Crippen molar-refractivity contribution in [2.24, 2.45) is 0 Å². The van der Waals surface area contributed by atoms with Gasteiger partial charge in [-0.05, 0) is 62.5 Å². The normalized spacial score (nSPS) is 18.4. The monoisotopic (exact) mass is 370 g/mol. The van der Waals surface area contributed by atoms with E-state index in [4.69, 9.17) is 9.47 Å². The Bertz CT molecular complexity index is 543. The Hall–Kier alpha value is -1.30. The van der Waals surface area contributed by atoms with Gasteiger partial charge in [-0.15, -0.1) is 0 Å². The molecule has 1 fully saturated rings. The van der Waals surface area contributed by atoms with Crippen molar-refractivity contribution >= 4 is 22.0 Å². The lowest BCUT2D eigenvalue weighted by molar-refractivity contribution is 0.0187. The molecule has 2 heterocycles. The number of rotatable bonds is 3. The van der Waals surface area contributed by atoms with Crippen LogP contribution in [-0.2, 0) is 4.74 Å². The van der Waals surface area contributed by atoms with E-state index in [-0.39, 0.29) is 12.1 Å². The third-order valence-corrected chi connectivity index (χ3v) is 3.88. The van der Waals surface area contributed by atoms with E-state index in [1.54, 1.807) is 11.1 Å². The Morgan fingerprint density at radius 3 is 2.91 bits per heavy atom. The molecule has 1 amide bonds. The van der Waals surface area contributed by atoms with Gasteiger partial charge in [-0.3, -0.25) is 4.98 Å². The summed E-state index contributed by atoms with van der Waals surface area (Å²) in [6, 6.07) is 1.95. The van der Waals surface area contributed by atoms with Gasteiger partial charge in [-0.2, -0.15) is 0 Å². The quantitative estimate of drug-likeness (QED) is 0.808. The molecule has 0 N–H and O–H groups in total. The van der Waals surface area contributed by atoms with Crippen molar-refractivity contribution in [2.45, 2.75) is 52.2 Å². The first kappa shape index (κ1) is 17.1. The number of likely N-dealkylation sites (tertiary alicyclic amines) is 1. The third-order valence-electron chi connectivity index (χ3n) is 3.44. The van der Waals surface area contributed by atoms with E-state index in [1.807, 2.05) is 33.8 Å². The highest BCUT2D eigenvalue weighted by Gasteiger charge is 2.32. The molecule has 1 aromatic rings. The second-order valence-corrected chi connectivity index (χ2v) is 7.43. The zero-order valence-electron chi connectivity index (χ0n) is 13.6. The number of aryl methyl sites for hydroxylation is 1. The summed E-state index contributed by atoms with van der Waals surface area (Å²) in [7, 11) is 0. The standard InChI is InChI=1S/C16H23BrN2O3/c1-11-14(8-12(17)9-18-11)21-10-13-6-5-7-19(13)15(20)22-16(2,3)4/h8-9,13H,5-7,10H2,1-4H3/t13-/m1/s1. The summed E-state index contributed by atoms with van der Waals surface area (Å²) in [5.41, 5.74) is 0.362. The van der Waals surface area contributed by atoms with Crippen LogP contribution in [0.15, 0.2) is 16.7 Å². The second-order valence-electron chi connectivity index (χ2n) is 6.52. The molecule has 1 saturated heterocycles. The van der Waals surface area contributed by atoms with Crippen LogP contribution < -0.4 is 4.74 Å². The van der Waals surface area contributed by atoms with Crippen LogP contribution in [0.2, 0.25) is 0 Å². The van der Waals surface area contributed by atoms with Crippen LogP contribution in [0.4, 0.5) is 4.79 Å². The van der Waals surface area contributed by atoms with Crippen LogP contribution >= 0.6 is 15.9 Å². The van der Waals surface area contributed by atoms with Crippen molar-refractivity contribution < 1.29 is 14.3 Å². The molecule has 0 unspecified atom stereocenters. The van der Waals surface area contributed by atoms with E-state index in [0.717, 1.165) is 35.3 Å². The van der Waals surface area contributed by atoms with Crippen LogP contribution in [0.25, 0.3) is 0 Å². The number of aromatic nitrogens is 1. The minimum Gasteiger partial charge on any atom is -0.489 e. The molecule has 0 radical (unpaired) electrons. The molecule has 122 valence electrons. The SMILES string of the molecule is Cc1ncc(Br)cc1OC[C@H]1CCCN1C(=O)OC(C)(C)C. The number of hydrogen-bond acceptors (Lipinski definition) is 4. The van der Waals surface area contributed by atoms with Crippen molar-refractivity contribution in [3.05, 3.63) is 22.4 Å². The van der Waals surface area contributed by atoms with Gasteiger partial charge in [0.05, 0.1) is 11.7 Å². The smallest absolute Gasteiger partial charge is 0.410 e. The molecule has 1 atom stereocenters. The van der Waals surface area contributed by atoms with Gasteiger partial charge in [0.25, 0.3) is 0 Å². The van der Waals surface area contributed by atoms with Crippen LogP contribution in [-0.4, -0.2) is 40.8 Å². The van der Waals surface area contributed by atoms with Gasteiger partial charge < -0.3 is 14.4 Å². The maximum Gasteiger partial charge on any atom is 0.410 e. The van der Waals surface area contributed by atoms with Crippen LogP contribution in [0.5, 0.6) is 5.75 Å². The summed E-state index contributed by atoms with van der Waals surface area (Å²) < 4.78 is 12.2. The lowest BCUT2D eigenvalue weighted by atomic mass is 10.2. The Labute approximate surface area is 140 Å². The lowest BCUT2D eigenvalue weighted by Crippen LogP contribution is -2.42. The molecule has 0 spiro atoms. The highest BCUT2D eigenvalue weighted by molar-refractivity contribution is 9.10. The molecule has 22 heavy (non-hydrogen) atoms. The van der Waals surface area contributed by atoms with E-state index in [1.165, 1.54) is 0 Å². The fourth-order valence-corrected chi connectivity index (χ4v) is 2.70. The summed E-state index contributed by atoms with van der Waals surface area (Å²) in [4.78, 5) is 18.3. The lowest BCUT2D eigenvalue weighted by Gasteiger charge is -2.28. The topological polar surface area (TPSA) is 51.7 Å². The molecular formula is C16H23BrN2O3. The first-order chi connectivity index (χ1) is 10.3. The van der Waals surface area contributed by atoms with Gasteiger partial charge in [-0.1, -0.05) is 0 Å². The fraction of sp³-hybridized carbons (Fsp3) is 0.625. The van der Waals surface area contributed by atoms with E-state index in [0.29, 0.717) is 6.61 Å². The van der Waals surface area contributed by atoms with Crippen molar-refractivity contribution in [2.75, 3.05) is 13.2 Å². The second kappa shape index (κ2) is 6.86. The predicted octanol–water partition coefficient (Wildman–Crippen LogP) is 3.93. The maximum atomic E-state index is 12.2. The summed E-state index contributed by atoms with van der Waals surface area (Å²) in [5.74, 6) is 0.741. The number of pyridine rings is 1. The van der Waals surface area contributed by atoms with Gasteiger partial charge in [0, 0.05) is 17.2 Å². The summed E-state index contributed by atoms with van der Waals surface area (Å²) in [6.07, 6.45) is 3.38. The zero-order chi connectivity index (χ0) is 16.3. The minimum atomic E-state index is -0.476. The fourth-order valence-electron chi connectivity index (χ4n) is 2.39. The van der Waals surface area contributed by atoms with E-state index >= 15 is 0 Å². The highest BCUT2D eigenvalue weighted by Crippen LogP contribution is 2.24. The Morgan fingerprint density at radius 1 is 1.50 bits per heavy atom. The number of carbonyl (C=O) groups is 1. The predicted molar refractivity (Wildman–Crippen MR) is 88.1 cm³/mol. The summed E-state index contributed by atoms with van der Waals surface area (Å²) in [6.45, 7) is 8.72. The van der Waals surface area contributed by atoms with Gasteiger partial charge in [0.15, 0.2) is 0 Å². The molecule has 1 aromatic heterocycles. The summed E-state index contributed by atoms with van der Waals surface area (Å²) in [5, 5.41) is 0. The molecule has 6 heteroatoms. The van der Waals surface area contributed by atoms with Gasteiger partial charge in [-0.25, -0.2) is 4.79 Å². The summed E-state index contributed by atoms with van der Waals surface area (Å²) >= 11 is 3.39. The van der Waals surface area contributed by atoms with E-state index < -0.39 is 5.60 Å². The van der Waals surface area contributed by atoms with Crippen molar-refractivity contribution in [1.29, 1.82) is 0 Å². The van der Waals surface area contributed by atoms with E-state index in [2.05, 4.69) is 20.9 Å². The molecule has 1 aliphatic heterocycles. The number of carbonyl (C=O) groups excluding carboxylic acids is 1. The minimum absolute atomic E-state index is 0.0493. The van der Waals surface area contributed by atoms with Crippen molar-refractivity contribution in [3.63, 3.8) is 0 Å². The Morgan fingerprint density at radius 2 is 2.23 bits per heavy atom. The average molecular weight is 371 g/mol. The van der Waals surface area contributed by atoms with E-state index in [9.17, 15) is 4.79 Å². The van der Waals surface area contributed by atoms with Crippen LogP contribution in [0, 0.1) is 6.92 Å². The number of nitrogens with zero attached hydrogens (tertiary/aromatic N) is 2. The largest absolute Gasteiger partial charge is 0.489 e. The molecule has 1 aliphatic rings. The first-order valence-corrected chi connectivity index (χ1v) is 8.30. The van der Waals surface area contributed by atoms with Crippen molar-refractivity contribution in [1.82, 2.24) is 9.88 Å². The number of hydrogen-bond donors (Lipinski definition) is 0. The van der Waals surface area contributed by atoms with Crippen molar-refractivity contribution in [3.8, 4) is 5.75 Å². The Balaban J connectivity index is 1.97. The molecule has 0 aliphatic carbocycles. The number of amides is 1. The third kappa shape index (κ3) is 4.60. The molecule has 2 rings (SSSR count). The average Bonchev–Trinajstić information content (AvgIpc) is 2.86. The zero-order valence-corrected chi connectivity index (χ0v) is 15.1. The van der Waals surface area contributed by atoms with Crippen LogP contribution in [0.1, 0.15) is 39.3 Å². The Kier molecular flexibility index (Phi) is 5.32. The molecular weight excluding hydrogens is 348 g/mol. The molecule has 5 nitrogen and oxygen atoms in total. The maximum absolute atomic E-state index is 12.2. The number of ether oxygens (including phenoxy) is 2. The molecule has 0 aromatic carbocycles. The van der Waals surface area contributed by atoms with Crippen LogP contribution in [0.3, 0.4) is 0 Å². The number of halogens is 1. The molecule has 0 saturated carbocycles. The van der Waals surface area contributed by atoms with Gasteiger partial charge >= 0.3 is 6.09 Å².